The van der Waals surface area contributed by atoms with Crippen molar-refractivity contribution in [2.24, 2.45) is 0 Å². The second-order valence-corrected chi connectivity index (χ2v) is 5.30. The minimum Gasteiger partial charge on any atom is -0.489 e. The molecule has 0 bridgehead atoms. The summed E-state index contributed by atoms with van der Waals surface area (Å²) in [6, 6.07) is 13.5. The number of fused-ring (bicyclic) bond motifs is 1. The molecule has 1 N–H and O–H groups in total. The lowest BCUT2D eigenvalue weighted by molar-refractivity contribution is 0.358. The third kappa shape index (κ3) is 3.02. The van der Waals surface area contributed by atoms with Crippen molar-refractivity contribution >= 4 is 10.8 Å². The Balaban J connectivity index is 1.91. The van der Waals surface area contributed by atoms with Gasteiger partial charge in [-0.05, 0) is 36.6 Å². The first-order valence-electron chi connectivity index (χ1n) is 7.36. The number of ether oxygens (including phenoxy) is 1. The normalized spacial score (nSPS) is 15.1. The Morgan fingerprint density at radius 1 is 1.20 bits per heavy atom. The number of rotatable bonds is 6. The van der Waals surface area contributed by atoms with E-state index in [4.69, 9.17) is 4.74 Å². The molecule has 0 saturated heterocycles. The summed E-state index contributed by atoms with van der Waals surface area (Å²) in [6.45, 7) is 3.53. The lowest BCUT2D eigenvalue weighted by Gasteiger charge is -2.14. The van der Waals surface area contributed by atoms with Gasteiger partial charge in [0, 0.05) is 18.2 Å². The van der Waals surface area contributed by atoms with Gasteiger partial charge in [-0.25, -0.2) is 0 Å². The Labute approximate surface area is 120 Å². The molecule has 0 radical (unpaired) electrons. The van der Waals surface area contributed by atoms with Crippen LogP contribution in [-0.2, 0) is 6.54 Å². The molecular formula is C18H21NO. The van der Waals surface area contributed by atoms with Crippen molar-refractivity contribution in [3.8, 4) is 5.75 Å². The molecule has 1 aliphatic rings. The third-order valence-electron chi connectivity index (χ3n) is 3.71. The van der Waals surface area contributed by atoms with Crippen LogP contribution in [0, 0.1) is 0 Å². The first kappa shape index (κ1) is 13.2. The molecule has 0 spiro atoms. The molecule has 0 atom stereocenters. The maximum absolute atomic E-state index is 5.91. The largest absolute Gasteiger partial charge is 0.489 e. The summed E-state index contributed by atoms with van der Waals surface area (Å²) in [5, 5.41) is 6.16. The summed E-state index contributed by atoms with van der Waals surface area (Å²) in [5.41, 5.74) is 1.28. The van der Waals surface area contributed by atoms with Crippen molar-refractivity contribution < 1.29 is 4.74 Å². The van der Waals surface area contributed by atoms with Gasteiger partial charge >= 0.3 is 0 Å². The summed E-state index contributed by atoms with van der Waals surface area (Å²) in [5.74, 6) is 0.995. The smallest absolute Gasteiger partial charge is 0.124 e. The topological polar surface area (TPSA) is 21.3 Å². The molecule has 20 heavy (non-hydrogen) atoms. The highest BCUT2D eigenvalue weighted by Crippen LogP contribution is 2.29. The molecule has 104 valence electrons. The van der Waals surface area contributed by atoms with Crippen LogP contribution >= 0.6 is 0 Å². The highest BCUT2D eigenvalue weighted by molar-refractivity contribution is 5.87. The van der Waals surface area contributed by atoms with E-state index in [0.29, 0.717) is 12.6 Å². The molecular weight excluding hydrogens is 246 g/mol. The molecule has 2 aromatic rings. The van der Waals surface area contributed by atoms with Gasteiger partial charge in [0.2, 0.25) is 0 Å². The Hall–Kier alpha value is -1.80. The molecule has 0 unspecified atom stereocenters. The molecule has 0 amide bonds. The van der Waals surface area contributed by atoms with Crippen LogP contribution < -0.4 is 10.1 Å². The number of allylic oxidation sites excluding steroid dienone is 1. The van der Waals surface area contributed by atoms with Crippen molar-refractivity contribution in [2.45, 2.75) is 32.4 Å². The van der Waals surface area contributed by atoms with Crippen molar-refractivity contribution in [3.63, 3.8) is 0 Å². The minimum absolute atomic E-state index is 0.630. The second kappa shape index (κ2) is 6.10. The van der Waals surface area contributed by atoms with Crippen molar-refractivity contribution in [2.75, 3.05) is 6.61 Å². The van der Waals surface area contributed by atoms with E-state index in [2.05, 4.69) is 41.7 Å². The second-order valence-electron chi connectivity index (χ2n) is 5.30. The van der Waals surface area contributed by atoms with Crippen LogP contribution in [0.2, 0.25) is 0 Å². The van der Waals surface area contributed by atoms with Gasteiger partial charge in [0.05, 0.1) is 0 Å². The lowest BCUT2D eigenvalue weighted by atomic mass is 10.0. The number of nitrogens with one attached hydrogen (secondary N) is 1. The van der Waals surface area contributed by atoms with Crippen LogP contribution in [0.3, 0.4) is 0 Å². The molecule has 0 aliphatic heterocycles. The van der Waals surface area contributed by atoms with Crippen LogP contribution in [0.1, 0.15) is 25.3 Å². The third-order valence-corrected chi connectivity index (χ3v) is 3.71. The van der Waals surface area contributed by atoms with E-state index in [1.807, 2.05) is 19.1 Å². The van der Waals surface area contributed by atoms with Crippen molar-refractivity contribution in [1.82, 2.24) is 5.32 Å². The molecule has 1 saturated carbocycles. The first-order valence-corrected chi connectivity index (χ1v) is 7.36. The van der Waals surface area contributed by atoms with Gasteiger partial charge < -0.3 is 10.1 Å². The zero-order valence-electron chi connectivity index (χ0n) is 11.9. The summed E-state index contributed by atoms with van der Waals surface area (Å²) < 4.78 is 5.91. The minimum atomic E-state index is 0.630. The molecule has 1 aliphatic carbocycles. The molecule has 2 heteroatoms. The average Bonchev–Trinajstić information content (AvgIpc) is 3.30. The Kier molecular flexibility index (Phi) is 4.03. The quantitative estimate of drug-likeness (QED) is 0.797. The van der Waals surface area contributed by atoms with Crippen LogP contribution in [0.4, 0.5) is 0 Å². The van der Waals surface area contributed by atoms with Crippen LogP contribution in [0.5, 0.6) is 5.75 Å². The SMILES string of the molecule is C/C=C/COc1ccc2ccccc2c1CNC1CC1. The van der Waals surface area contributed by atoms with E-state index in [1.165, 1.54) is 29.2 Å². The van der Waals surface area contributed by atoms with Crippen molar-refractivity contribution in [1.29, 1.82) is 0 Å². The van der Waals surface area contributed by atoms with E-state index in [9.17, 15) is 0 Å². The molecule has 2 aromatic carbocycles. The molecule has 0 heterocycles. The number of hydrogen-bond acceptors (Lipinski definition) is 2. The summed E-state index contributed by atoms with van der Waals surface area (Å²) in [4.78, 5) is 0. The summed E-state index contributed by atoms with van der Waals surface area (Å²) in [6.07, 6.45) is 6.66. The maximum atomic E-state index is 5.91. The Bertz CT molecular complexity index is 614. The zero-order chi connectivity index (χ0) is 13.8. The lowest BCUT2D eigenvalue weighted by Crippen LogP contribution is -2.16. The van der Waals surface area contributed by atoms with Crippen LogP contribution in [0.25, 0.3) is 10.8 Å². The highest BCUT2D eigenvalue weighted by atomic mass is 16.5. The first-order chi connectivity index (χ1) is 9.88. The fraction of sp³-hybridized carbons (Fsp3) is 0.333. The van der Waals surface area contributed by atoms with E-state index >= 15 is 0 Å². The van der Waals surface area contributed by atoms with Gasteiger partial charge in [-0.3, -0.25) is 0 Å². The van der Waals surface area contributed by atoms with E-state index < -0.39 is 0 Å². The summed E-state index contributed by atoms with van der Waals surface area (Å²) >= 11 is 0. The standard InChI is InChI=1S/C18H21NO/c1-2-3-12-20-18-11-8-14-6-4-5-7-16(14)17(18)13-19-15-9-10-15/h2-8,11,15,19H,9-10,12-13H2,1H3/b3-2+. The van der Waals surface area contributed by atoms with Gasteiger partial charge in [0.15, 0.2) is 0 Å². The fourth-order valence-corrected chi connectivity index (χ4v) is 2.40. The predicted octanol–water partition coefficient (Wildman–Crippen LogP) is 4.05. The monoisotopic (exact) mass is 267 g/mol. The molecule has 0 aromatic heterocycles. The number of hydrogen-bond donors (Lipinski definition) is 1. The molecule has 2 nitrogen and oxygen atoms in total. The summed E-state index contributed by atoms with van der Waals surface area (Å²) in [7, 11) is 0. The van der Waals surface area contributed by atoms with E-state index in [-0.39, 0.29) is 0 Å². The van der Waals surface area contributed by atoms with Gasteiger partial charge in [0.1, 0.15) is 12.4 Å². The zero-order valence-corrected chi connectivity index (χ0v) is 11.9. The predicted molar refractivity (Wildman–Crippen MR) is 84.1 cm³/mol. The molecule has 1 fully saturated rings. The fourth-order valence-electron chi connectivity index (χ4n) is 2.40. The van der Waals surface area contributed by atoms with Crippen molar-refractivity contribution in [3.05, 3.63) is 54.1 Å². The molecule has 3 rings (SSSR count). The van der Waals surface area contributed by atoms with Crippen LogP contribution in [-0.4, -0.2) is 12.6 Å². The maximum Gasteiger partial charge on any atom is 0.124 e. The average molecular weight is 267 g/mol. The van der Waals surface area contributed by atoms with E-state index in [0.717, 1.165) is 12.3 Å². The highest BCUT2D eigenvalue weighted by Gasteiger charge is 2.21. The van der Waals surface area contributed by atoms with Gasteiger partial charge in [-0.1, -0.05) is 42.5 Å². The Morgan fingerprint density at radius 2 is 2.05 bits per heavy atom. The number of benzene rings is 2. The van der Waals surface area contributed by atoms with Crippen LogP contribution in [0.15, 0.2) is 48.6 Å². The Morgan fingerprint density at radius 3 is 2.85 bits per heavy atom. The van der Waals surface area contributed by atoms with Gasteiger partial charge in [0.25, 0.3) is 0 Å². The van der Waals surface area contributed by atoms with Gasteiger partial charge in [-0.2, -0.15) is 0 Å². The van der Waals surface area contributed by atoms with Gasteiger partial charge in [-0.15, -0.1) is 0 Å². The van der Waals surface area contributed by atoms with E-state index in [1.54, 1.807) is 0 Å².